The predicted molar refractivity (Wildman–Crippen MR) is 75.4 cm³/mol. The molecule has 2 aromatic rings. The maximum atomic E-state index is 12.1. The summed E-state index contributed by atoms with van der Waals surface area (Å²) in [5.41, 5.74) is 2.95. The number of amides is 1. The normalized spacial score (nSPS) is 10.1. The van der Waals surface area contributed by atoms with Gasteiger partial charge < -0.3 is 10.6 Å². The van der Waals surface area contributed by atoms with Gasteiger partial charge in [0, 0.05) is 24.0 Å². The number of rotatable bonds is 3. The molecule has 0 spiro atoms. The molecule has 0 bridgehead atoms. The van der Waals surface area contributed by atoms with Crippen molar-refractivity contribution in [3.63, 3.8) is 0 Å². The van der Waals surface area contributed by atoms with Crippen LogP contribution in [0.2, 0.25) is 0 Å². The monoisotopic (exact) mass is 256 g/mol. The molecule has 5 nitrogen and oxygen atoms in total. The first kappa shape index (κ1) is 13.0. The highest BCUT2D eigenvalue weighted by atomic mass is 16.1. The minimum absolute atomic E-state index is 0.173. The van der Waals surface area contributed by atoms with Gasteiger partial charge in [0.1, 0.15) is 5.82 Å². The molecule has 1 amide bonds. The zero-order chi connectivity index (χ0) is 13.8. The Morgan fingerprint density at radius 3 is 2.58 bits per heavy atom. The SMILES string of the molecule is CNc1cc(C(=O)Nc2ccc(C)nc2)cc(C)n1. The third-order valence-electron chi connectivity index (χ3n) is 2.64. The van der Waals surface area contributed by atoms with Gasteiger partial charge in [-0.2, -0.15) is 0 Å². The zero-order valence-electron chi connectivity index (χ0n) is 11.2. The molecule has 0 fully saturated rings. The molecule has 0 radical (unpaired) electrons. The highest BCUT2D eigenvalue weighted by molar-refractivity contribution is 6.04. The van der Waals surface area contributed by atoms with Gasteiger partial charge in [0.15, 0.2) is 0 Å². The van der Waals surface area contributed by atoms with Crippen molar-refractivity contribution in [3.05, 3.63) is 47.4 Å². The lowest BCUT2D eigenvalue weighted by Gasteiger charge is -2.07. The second-order valence-corrected chi connectivity index (χ2v) is 4.27. The Labute approximate surface area is 112 Å². The summed E-state index contributed by atoms with van der Waals surface area (Å²) in [5.74, 6) is 0.500. The van der Waals surface area contributed by atoms with E-state index in [4.69, 9.17) is 0 Å². The van der Waals surface area contributed by atoms with E-state index in [0.29, 0.717) is 17.1 Å². The van der Waals surface area contributed by atoms with Crippen LogP contribution in [0.4, 0.5) is 11.5 Å². The lowest BCUT2D eigenvalue weighted by atomic mass is 10.2. The fourth-order valence-corrected chi connectivity index (χ4v) is 1.67. The molecule has 0 aliphatic carbocycles. The molecule has 2 heterocycles. The molecule has 19 heavy (non-hydrogen) atoms. The summed E-state index contributed by atoms with van der Waals surface area (Å²) in [7, 11) is 1.77. The van der Waals surface area contributed by atoms with Gasteiger partial charge in [-0.15, -0.1) is 0 Å². The Kier molecular flexibility index (Phi) is 3.75. The minimum Gasteiger partial charge on any atom is -0.373 e. The number of anilines is 2. The second kappa shape index (κ2) is 5.48. The van der Waals surface area contributed by atoms with Crippen molar-refractivity contribution in [3.8, 4) is 0 Å². The van der Waals surface area contributed by atoms with Crippen molar-refractivity contribution in [1.82, 2.24) is 9.97 Å². The Hall–Kier alpha value is -2.43. The van der Waals surface area contributed by atoms with Crippen LogP contribution in [0.3, 0.4) is 0 Å². The van der Waals surface area contributed by atoms with Gasteiger partial charge in [0.2, 0.25) is 0 Å². The van der Waals surface area contributed by atoms with Gasteiger partial charge in [0.25, 0.3) is 5.91 Å². The molecule has 0 unspecified atom stereocenters. The van der Waals surface area contributed by atoms with Crippen molar-refractivity contribution >= 4 is 17.4 Å². The smallest absolute Gasteiger partial charge is 0.255 e. The van der Waals surface area contributed by atoms with E-state index in [9.17, 15) is 4.79 Å². The van der Waals surface area contributed by atoms with Crippen LogP contribution in [-0.2, 0) is 0 Å². The minimum atomic E-state index is -0.173. The highest BCUT2D eigenvalue weighted by Crippen LogP contribution is 2.12. The summed E-state index contributed by atoms with van der Waals surface area (Å²) >= 11 is 0. The zero-order valence-corrected chi connectivity index (χ0v) is 11.2. The molecule has 0 aromatic carbocycles. The van der Waals surface area contributed by atoms with Crippen LogP contribution in [0.5, 0.6) is 0 Å². The van der Waals surface area contributed by atoms with E-state index in [1.807, 2.05) is 26.0 Å². The fourth-order valence-electron chi connectivity index (χ4n) is 1.67. The molecule has 98 valence electrons. The average Bonchev–Trinajstić information content (AvgIpc) is 2.40. The molecule has 2 N–H and O–H groups in total. The lowest BCUT2D eigenvalue weighted by Crippen LogP contribution is -2.13. The van der Waals surface area contributed by atoms with E-state index in [-0.39, 0.29) is 5.91 Å². The number of carbonyl (C=O) groups is 1. The van der Waals surface area contributed by atoms with Crippen LogP contribution in [0.25, 0.3) is 0 Å². The van der Waals surface area contributed by atoms with Gasteiger partial charge in [-0.25, -0.2) is 4.98 Å². The van der Waals surface area contributed by atoms with Crippen molar-refractivity contribution in [2.45, 2.75) is 13.8 Å². The summed E-state index contributed by atoms with van der Waals surface area (Å²) < 4.78 is 0. The largest absolute Gasteiger partial charge is 0.373 e. The molecular formula is C14H16N4O. The molecule has 0 atom stereocenters. The summed E-state index contributed by atoms with van der Waals surface area (Å²) in [6.45, 7) is 3.75. The van der Waals surface area contributed by atoms with Gasteiger partial charge in [0.05, 0.1) is 11.9 Å². The molecular weight excluding hydrogens is 240 g/mol. The Morgan fingerprint density at radius 2 is 1.95 bits per heavy atom. The molecule has 0 aliphatic heterocycles. The van der Waals surface area contributed by atoms with Crippen molar-refractivity contribution < 1.29 is 4.79 Å². The van der Waals surface area contributed by atoms with E-state index in [1.54, 1.807) is 25.4 Å². The van der Waals surface area contributed by atoms with E-state index in [1.165, 1.54) is 0 Å². The maximum absolute atomic E-state index is 12.1. The van der Waals surface area contributed by atoms with E-state index in [0.717, 1.165) is 11.4 Å². The first-order valence-corrected chi connectivity index (χ1v) is 5.99. The predicted octanol–water partition coefficient (Wildman–Crippen LogP) is 2.39. The fraction of sp³-hybridized carbons (Fsp3) is 0.214. The highest BCUT2D eigenvalue weighted by Gasteiger charge is 2.08. The van der Waals surface area contributed by atoms with Crippen molar-refractivity contribution in [2.75, 3.05) is 17.7 Å². The molecule has 5 heteroatoms. The lowest BCUT2D eigenvalue weighted by molar-refractivity contribution is 0.102. The first-order chi connectivity index (χ1) is 9.08. The van der Waals surface area contributed by atoms with Gasteiger partial charge >= 0.3 is 0 Å². The molecule has 2 rings (SSSR count). The first-order valence-electron chi connectivity index (χ1n) is 5.99. The van der Waals surface area contributed by atoms with Crippen molar-refractivity contribution in [2.24, 2.45) is 0 Å². The molecule has 0 saturated heterocycles. The Morgan fingerprint density at radius 1 is 1.16 bits per heavy atom. The van der Waals surface area contributed by atoms with Crippen LogP contribution in [0.15, 0.2) is 30.5 Å². The van der Waals surface area contributed by atoms with Crippen LogP contribution >= 0.6 is 0 Å². The summed E-state index contributed by atoms with van der Waals surface area (Å²) in [4.78, 5) is 20.5. The third kappa shape index (κ3) is 3.28. The topological polar surface area (TPSA) is 66.9 Å². The summed E-state index contributed by atoms with van der Waals surface area (Å²) in [6.07, 6.45) is 1.64. The quantitative estimate of drug-likeness (QED) is 0.884. The Bertz CT molecular complexity index is 593. The molecule has 0 saturated carbocycles. The second-order valence-electron chi connectivity index (χ2n) is 4.27. The summed E-state index contributed by atoms with van der Waals surface area (Å²) in [5, 5.41) is 5.74. The van der Waals surface area contributed by atoms with Gasteiger partial charge in [-0.3, -0.25) is 9.78 Å². The van der Waals surface area contributed by atoms with Crippen LogP contribution < -0.4 is 10.6 Å². The molecule has 2 aromatic heterocycles. The van der Waals surface area contributed by atoms with Crippen molar-refractivity contribution in [1.29, 1.82) is 0 Å². The van der Waals surface area contributed by atoms with E-state index in [2.05, 4.69) is 20.6 Å². The van der Waals surface area contributed by atoms with Crippen LogP contribution in [0.1, 0.15) is 21.7 Å². The number of aromatic nitrogens is 2. The van der Waals surface area contributed by atoms with Crippen LogP contribution in [-0.4, -0.2) is 22.9 Å². The van der Waals surface area contributed by atoms with E-state index < -0.39 is 0 Å². The van der Waals surface area contributed by atoms with E-state index >= 15 is 0 Å². The Balaban J connectivity index is 2.20. The van der Waals surface area contributed by atoms with Gasteiger partial charge in [-0.1, -0.05) is 0 Å². The average molecular weight is 256 g/mol. The number of hydrogen-bond donors (Lipinski definition) is 2. The molecule has 0 aliphatic rings. The number of aryl methyl sites for hydroxylation is 2. The van der Waals surface area contributed by atoms with Crippen LogP contribution in [0, 0.1) is 13.8 Å². The third-order valence-corrected chi connectivity index (χ3v) is 2.64. The van der Waals surface area contributed by atoms with Gasteiger partial charge in [-0.05, 0) is 38.1 Å². The standard InChI is InChI=1S/C14H16N4O/c1-9-4-5-12(8-16-9)18-14(19)11-6-10(2)17-13(7-11)15-3/h4-8H,1-3H3,(H,15,17)(H,18,19). The number of nitrogens with one attached hydrogen (secondary N) is 2. The maximum Gasteiger partial charge on any atom is 0.255 e. The number of carbonyl (C=O) groups excluding carboxylic acids is 1. The summed E-state index contributed by atoms with van der Waals surface area (Å²) in [6, 6.07) is 7.14. The number of hydrogen-bond acceptors (Lipinski definition) is 4. The number of nitrogens with zero attached hydrogens (tertiary/aromatic N) is 2. The number of pyridine rings is 2.